The molecular formula is C22H32IN7. The molecule has 3 heterocycles. The summed E-state index contributed by atoms with van der Waals surface area (Å²) in [6, 6.07) is 9.06. The van der Waals surface area contributed by atoms with Crippen LogP contribution in [-0.4, -0.2) is 46.9 Å². The van der Waals surface area contributed by atoms with Crippen molar-refractivity contribution in [2.24, 2.45) is 4.99 Å². The molecule has 1 aromatic carbocycles. The average molecular weight is 521 g/mol. The van der Waals surface area contributed by atoms with Gasteiger partial charge in [0.1, 0.15) is 5.82 Å². The Bertz CT molecular complexity index is 877. The zero-order chi connectivity index (χ0) is 20.2. The molecular weight excluding hydrogens is 489 g/mol. The molecule has 2 aromatic rings. The van der Waals surface area contributed by atoms with Gasteiger partial charge in [0.2, 0.25) is 0 Å². The molecule has 0 radical (unpaired) electrons. The Balaban J connectivity index is 0.00000256. The van der Waals surface area contributed by atoms with Crippen LogP contribution in [0.4, 0.5) is 5.69 Å². The largest absolute Gasteiger partial charge is 0.364 e. The van der Waals surface area contributed by atoms with Crippen LogP contribution in [0.25, 0.3) is 0 Å². The number of aromatic nitrogens is 3. The first-order chi connectivity index (χ1) is 14.1. The molecule has 8 heteroatoms. The van der Waals surface area contributed by atoms with E-state index in [1.165, 1.54) is 11.3 Å². The quantitative estimate of drug-likeness (QED) is 0.274. The van der Waals surface area contributed by atoms with Crippen molar-refractivity contribution in [3.05, 3.63) is 53.6 Å². The molecule has 0 saturated carbocycles. The molecule has 162 valence electrons. The number of hydrogen-bond donors (Lipinski definition) is 2. The van der Waals surface area contributed by atoms with Crippen LogP contribution >= 0.6 is 24.0 Å². The zero-order valence-electron chi connectivity index (χ0n) is 18.0. The summed E-state index contributed by atoms with van der Waals surface area (Å²) < 4.78 is 2.05. The number of fused-ring (bicyclic) bond motifs is 1. The molecule has 0 amide bonds. The molecule has 7 nitrogen and oxygen atoms in total. The number of halogens is 1. The molecule has 2 aliphatic rings. The maximum atomic E-state index is 4.67. The van der Waals surface area contributed by atoms with E-state index < -0.39 is 0 Å². The number of guanidine groups is 1. The predicted octanol–water partition coefficient (Wildman–Crippen LogP) is 3.08. The van der Waals surface area contributed by atoms with Crippen LogP contribution in [0.2, 0.25) is 0 Å². The van der Waals surface area contributed by atoms with Crippen LogP contribution in [0.15, 0.2) is 41.4 Å². The van der Waals surface area contributed by atoms with Gasteiger partial charge in [0.05, 0.1) is 6.54 Å². The topological polar surface area (TPSA) is 70.4 Å². The van der Waals surface area contributed by atoms with Crippen LogP contribution in [0.3, 0.4) is 0 Å². The van der Waals surface area contributed by atoms with Gasteiger partial charge in [-0.1, -0.05) is 38.1 Å². The van der Waals surface area contributed by atoms with E-state index in [0.717, 1.165) is 56.6 Å². The first kappa shape index (κ1) is 22.6. The molecule has 0 aliphatic carbocycles. The van der Waals surface area contributed by atoms with Gasteiger partial charge in [-0.3, -0.25) is 4.99 Å². The third-order valence-corrected chi connectivity index (χ3v) is 5.54. The lowest BCUT2D eigenvalue weighted by Crippen LogP contribution is -2.46. The predicted molar refractivity (Wildman–Crippen MR) is 133 cm³/mol. The van der Waals surface area contributed by atoms with Gasteiger partial charge in [-0.25, -0.2) is 9.67 Å². The van der Waals surface area contributed by atoms with Crippen LogP contribution in [0.5, 0.6) is 0 Å². The number of aryl methyl sites for hydroxylation is 1. The Morgan fingerprint density at radius 1 is 1.20 bits per heavy atom. The van der Waals surface area contributed by atoms with Gasteiger partial charge in [0, 0.05) is 50.7 Å². The highest BCUT2D eigenvalue weighted by atomic mass is 127. The molecule has 0 spiro atoms. The van der Waals surface area contributed by atoms with Crippen LogP contribution in [0.1, 0.15) is 43.4 Å². The van der Waals surface area contributed by atoms with Crippen molar-refractivity contribution in [3.63, 3.8) is 0 Å². The molecule has 1 aromatic heterocycles. The van der Waals surface area contributed by atoms with Crippen LogP contribution < -0.4 is 15.5 Å². The lowest BCUT2D eigenvalue weighted by Gasteiger charge is -2.25. The molecule has 0 fully saturated rings. The summed E-state index contributed by atoms with van der Waals surface area (Å²) in [4.78, 5) is 11.4. The maximum absolute atomic E-state index is 4.67. The second kappa shape index (κ2) is 10.3. The number of rotatable bonds is 5. The molecule has 2 N–H and O–H groups in total. The Morgan fingerprint density at radius 2 is 1.93 bits per heavy atom. The summed E-state index contributed by atoms with van der Waals surface area (Å²) >= 11 is 0. The highest BCUT2D eigenvalue weighted by Crippen LogP contribution is 2.18. The minimum atomic E-state index is 0. The van der Waals surface area contributed by atoms with E-state index in [1.807, 2.05) is 7.05 Å². The summed E-state index contributed by atoms with van der Waals surface area (Å²) in [7, 11) is 1.82. The normalized spacial score (nSPS) is 18.3. The zero-order valence-corrected chi connectivity index (χ0v) is 20.3. The van der Waals surface area contributed by atoms with E-state index in [2.05, 4.69) is 85.6 Å². The summed E-state index contributed by atoms with van der Waals surface area (Å²) in [6.45, 7) is 7.85. The fourth-order valence-electron chi connectivity index (χ4n) is 3.78. The minimum absolute atomic E-state index is 0. The average Bonchev–Trinajstić information content (AvgIpc) is 3.41. The van der Waals surface area contributed by atoms with Crippen LogP contribution in [0, 0.1) is 0 Å². The van der Waals surface area contributed by atoms with Gasteiger partial charge in [-0.05, 0) is 24.1 Å². The Hall–Kier alpha value is -2.10. The fourth-order valence-corrected chi connectivity index (χ4v) is 3.78. The highest BCUT2D eigenvalue weighted by molar-refractivity contribution is 14.0. The molecule has 1 unspecified atom stereocenters. The Kier molecular flexibility index (Phi) is 7.74. The van der Waals surface area contributed by atoms with Crippen molar-refractivity contribution in [1.82, 2.24) is 25.4 Å². The Morgan fingerprint density at radius 3 is 2.60 bits per heavy atom. The lowest BCUT2D eigenvalue weighted by atomic mass is 10.1. The van der Waals surface area contributed by atoms with Crippen LogP contribution in [-0.2, 0) is 19.5 Å². The van der Waals surface area contributed by atoms with Crippen molar-refractivity contribution in [2.75, 3.05) is 25.0 Å². The maximum Gasteiger partial charge on any atom is 0.191 e. The highest BCUT2D eigenvalue weighted by Gasteiger charge is 2.23. The molecule has 4 rings (SSSR count). The van der Waals surface area contributed by atoms with Crippen molar-refractivity contribution in [1.29, 1.82) is 0 Å². The standard InChI is InChI=1S/C22H31N7.HI/c1-16(2)21-26-20-11-8-18(15-29(20)27-21)25-22(23-3)24-14-17-6-9-19(10-7-17)28-12-4-5-13-28;/h4-7,9-10,16,18H,8,11-15H2,1-3H3,(H2,23,24,25);1H. The number of benzene rings is 1. The number of hydrogen-bond acceptors (Lipinski definition) is 4. The van der Waals surface area contributed by atoms with Gasteiger partial charge in [0.25, 0.3) is 0 Å². The molecule has 2 aliphatic heterocycles. The second-order valence-corrected chi connectivity index (χ2v) is 8.07. The second-order valence-electron chi connectivity index (χ2n) is 8.07. The first-order valence-corrected chi connectivity index (χ1v) is 10.5. The van der Waals surface area contributed by atoms with E-state index in [4.69, 9.17) is 0 Å². The molecule has 0 bridgehead atoms. The fraction of sp³-hybridized carbons (Fsp3) is 0.500. The van der Waals surface area contributed by atoms with Crippen molar-refractivity contribution in [2.45, 2.75) is 51.7 Å². The van der Waals surface area contributed by atoms with Gasteiger partial charge in [0.15, 0.2) is 11.8 Å². The third kappa shape index (κ3) is 5.33. The van der Waals surface area contributed by atoms with Gasteiger partial charge >= 0.3 is 0 Å². The van der Waals surface area contributed by atoms with Crippen molar-refractivity contribution >= 4 is 35.6 Å². The molecule has 1 atom stereocenters. The summed E-state index contributed by atoms with van der Waals surface area (Å²) in [6.07, 6.45) is 6.40. The SMILES string of the molecule is CN=C(NCc1ccc(N2CC=CC2)cc1)NC1CCc2nc(C(C)C)nn2C1.I. The van der Waals surface area contributed by atoms with Gasteiger partial charge in [-0.15, -0.1) is 24.0 Å². The molecule has 0 saturated heterocycles. The van der Waals surface area contributed by atoms with Gasteiger partial charge in [-0.2, -0.15) is 5.10 Å². The minimum Gasteiger partial charge on any atom is -0.364 e. The number of nitrogens with zero attached hydrogens (tertiary/aromatic N) is 5. The lowest BCUT2D eigenvalue weighted by molar-refractivity contribution is 0.391. The first-order valence-electron chi connectivity index (χ1n) is 10.5. The van der Waals surface area contributed by atoms with Gasteiger partial charge < -0.3 is 15.5 Å². The van der Waals surface area contributed by atoms with Crippen molar-refractivity contribution < 1.29 is 0 Å². The van der Waals surface area contributed by atoms with E-state index in [9.17, 15) is 0 Å². The summed E-state index contributed by atoms with van der Waals surface area (Å²) in [5.74, 6) is 3.23. The summed E-state index contributed by atoms with van der Waals surface area (Å²) in [5, 5.41) is 11.6. The number of anilines is 1. The van der Waals surface area contributed by atoms with E-state index in [-0.39, 0.29) is 24.0 Å². The monoisotopic (exact) mass is 521 g/mol. The van der Waals surface area contributed by atoms with E-state index in [1.54, 1.807) is 0 Å². The molecule has 30 heavy (non-hydrogen) atoms. The Labute approximate surface area is 196 Å². The van der Waals surface area contributed by atoms with E-state index >= 15 is 0 Å². The smallest absolute Gasteiger partial charge is 0.191 e. The van der Waals surface area contributed by atoms with E-state index in [0.29, 0.717) is 12.0 Å². The summed E-state index contributed by atoms with van der Waals surface area (Å²) in [5.41, 5.74) is 2.51. The van der Waals surface area contributed by atoms with Crippen molar-refractivity contribution in [3.8, 4) is 0 Å². The third-order valence-electron chi connectivity index (χ3n) is 5.54. The number of aliphatic imine (C=N–C) groups is 1. The number of nitrogens with one attached hydrogen (secondary N) is 2.